The lowest BCUT2D eigenvalue weighted by Gasteiger charge is -2.12. The molecule has 0 aliphatic heterocycles. The molecule has 0 atom stereocenters. The molecule has 2 radical (unpaired) electrons. The highest BCUT2D eigenvalue weighted by atomic mass is 16.4. The molecule has 112 valence electrons. The van der Waals surface area contributed by atoms with E-state index < -0.39 is 11.4 Å². The monoisotopic (exact) mass is 305 g/mol. The Morgan fingerprint density at radius 1 is 1.26 bits per heavy atom. The second-order valence-electron chi connectivity index (χ2n) is 5.18. The molecule has 23 heavy (non-hydrogen) atoms. The summed E-state index contributed by atoms with van der Waals surface area (Å²) in [6.45, 7) is 2.07. The molecule has 3 aromatic heterocycles. The Balaban J connectivity index is 2.25. The van der Waals surface area contributed by atoms with Gasteiger partial charge in [0.2, 0.25) is 5.43 Å². The van der Waals surface area contributed by atoms with Gasteiger partial charge in [-0.15, -0.1) is 0 Å². The molecular weight excluding hydrogens is 293 g/mol. The maximum absolute atomic E-state index is 12.3. The van der Waals surface area contributed by atoms with Crippen LogP contribution in [-0.2, 0) is 6.54 Å². The third kappa shape index (κ3) is 2.85. The highest BCUT2D eigenvalue weighted by molar-refractivity contribution is 6.30. The van der Waals surface area contributed by atoms with Gasteiger partial charge in [-0.3, -0.25) is 9.78 Å². The van der Waals surface area contributed by atoms with Crippen molar-refractivity contribution in [3.05, 3.63) is 63.7 Å². The van der Waals surface area contributed by atoms with Crippen molar-refractivity contribution in [2.24, 2.45) is 0 Å². The SMILES string of the molecule is [B]c1cccc(Cn2cc(C(=O)O)c(=O)c3ccc(C)nc32)n1. The van der Waals surface area contributed by atoms with Gasteiger partial charge in [0.1, 0.15) is 19.1 Å². The van der Waals surface area contributed by atoms with Gasteiger partial charge in [0, 0.05) is 11.9 Å². The fourth-order valence-electron chi connectivity index (χ4n) is 2.39. The fourth-order valence-corrected chi connectivity index (χ4v) is 2.39. The third-order valence-electron chi connectivity index (χ3n) is 3.45. The van der Waals surface area contributed by atoms with Gasteiger partial charge in [0.05, 0.1) is 17.6 Å². The van der Waals surface area contributed by atoms with Gasteiger partial charge in [0.25, 0.3) is 0 Å². The molecule has 6 nitrogen and oxygen atoms in total. The summed E-state index contributed by atoms with van der Waals surface area (Å²) in [5.41, 5.74) is 1.33. The van der Waals surface area contributed by atoms with Gasteiger partial charge in [-0.25, -0.2) is 9.78 Å². The van der Waals surface area contributed by atoms with Crippen LogP contribution >= 0.6 is 0 Å². The zero-order chi connectivity index (χ0) is 16.6. The molecule has 0 bridgehead atoms. The lowest BCUT2D eigenvalue weighted by Crippen LogP contribution is -2.21. The third-order valence-corrected chi connectivity index (χ3v) is 3.45. The molecule has 7 heteroatoms. The molecule has 3 aromatic rings. The first-order valence-corrected chi connectivity index (χ1v) is 6.91. The molecule has 0 spiro atoms. The van der Waals surface area contributed by atoms with Gasteiger partial charge in [-0.1, -0.05) is 12.1 Å². The van der Waals surface area contributed by atoms with E-state index in [0.29, 0.717) is 16.9 Å². The lowest BCUT2D eigenvalue weighted by molar-refractivity contribution is 0.0695. The van der Waals surface area contributed by atoms with Gasteiger partial charge < -0.3 is 9.67 Å². The molecule has 0 aromatic carbocycles. The first-order valence-electron chi connectivity index (χ1n) is 6.91. The normalized spacial score (nSPS) is 10.8. The van der Waals surface area contributed by atoms with E-state index in [0.717, 1.165) is 5.69 Å². The second kappa shape index (κ2) is 5.68. The zero-order valence-corrected chi connectivity index (χ0v) is 12.4. The minimum absolute atomic E-state index is 0.262. The van der Waals surface area contributed by atoms with Crippen LogP contribution in [0.5, 0.6) is 0 Å². The molecule has 0 saturated carbocycles. The summed E-state index contributed by atoms with van der Waals surface area (Å²) in [6, 6.07) is 8.47. The number of carbonyl (C=O) groups is 1. The number of carboxylic acids is 1. The van der Waals surface area contributed by atoms with Crippen molar-refractivity contribution in [1.82, 2.24) is 14.5 Å². The summed E-state index contributed by atoms with van der Waals surface area (Å²) < 4.78 is 1.61. The van der Waals surface area contributed by atoms with Gasteiger partial charge in [0.15, 0.2) is 0 Å². The molecule has 3 heterocycles. The van der Waals surface area contributed by atoms with Crippen molar-refractivity contribution < 1.29 is 9.90 Å². The van der Waals surface area contributed by atoms with Crippen LogP contribution in [-0.4, -0.2) is 33.5 Å². The van der Waals surface area contributed by atoms with Gasteiger partial charge in [-0.2, -0.15) is 0 Å². The number of nitrogens with zero attached hydrogens (tertiary/aromatic N) is 3. The Kier molecular flexibility index (Phi) is 3.69. The summed E-state index contributed by atoms with van der Waals surface area (Å²) in [6.07, 6.45) is 1.30. The molecule has 0 aliphatic rings. The highest BCUT2D eigenvalue weighted by Crippen LogP contribution is 2.12. The van der Waals surface area contributed by atoms with Crippen LogP contribution in [0.4, 0.5) is 0 Å². The number of carboxylic acid groups (broad SMARTS) is 1. The minimum atomic E-state index is -1.27. The average molecular weight is 305 g/mol. The van der Waals surface area contributed by atoms with Crippen molar-refractivity contribution in [3.8, 4) is 0 Å². The Morgan fingerprint density at radius 2 is 2.04 bits per heavy atom. The van der Waals surface area contributed by atoms with Crippen LogP contribution in [0.25, 0.3) is 11.0 Å². The number of hydrogen-bond acceptors (Lipinski definition) is 4. The van der Waals surface area contributed by atoms with E-state index in [1.54, 1.807) is 41.8 Å². The Hall–Kier alpha value is -2.96. The molecule has 3 rings (SSSR count). The van der Waals surface area contributed by atoms with E-state index in [-0.39, 0.29) is 17.5 Å². The molecule has 0 saturated heterocycles. The standard InChI is InChI=1S/C16H12BN3O3/c1-9-5-6-11-14(21)12(16(22)23)8-20(15(11)18-9)7-10-3-2-4-13(17)19-10/h2-6,8H,7H2,1H3,(H,22,23). The van der Waals surface area contributed by atoms with Crippen molar-refractivity contribution in [1.29, 1.82) is 0 Å². The largest absolute Gasteiger partial charge is 0.477 e. The summed E-state index contributed by atoms with van der Waals surface area (Å²) in [5.74, 6) is -1.27. The summed E-state index contributed by atoms with van der Waals surface area (Å²) in [5, 5.41) is 9.51. The zero-order valence-electron chi connectivity index (χ0n) is 12.4. The topological polar surface area (TPSA) is 85.1 Å². The number of aromatic nitrogens is 3. The number of aromatic carboxylic acids is 1. The van der Waals surface area contributed by atoms with Crippen LogP contribution < -0.4 is 11.0 Å². The number of aryl methyl sites for hydroxylation is 1. The van der Waals surface area contributed by atoms with E-state index in [2.05, 4.69) is 9.97 Å². The molecule has 1 N–H and O–H groups in total. The van der Waals surface area contributed by atoms with E-state index in [1.807, 2.05) is 0 Å². The smallest absolute Gasteiger partial charge is 0.341 e. The molecule has 0 amide bonds. The fraction of sp³-hybridized carbons (Fsp3) is 0.125. The lowest BCUT2D eigenvalue weighted by atomic mass is 10.0. The Morgan fingerprint density at radius 3 is 2.74 bits per heavy atom. The number of pyridine rings is 3. The molecule has 0 aliphatic carbocycles. The van der Waals surface area contributed by atoms with Crippen LogP contribution in [0, 0.1) is 6.92 Å². The first-order chi connectivity index (χ1) is 11.0. The molecule has 0 fully saturated rings. The number of rotatable bonds is 3. The predicted molar refractivity (Wildman–Crippen MR) is 86.4 cm³/mol. The van der Waals surface area contributed by atoms with Gasteiger partial charge in [-0.05, 0) is 30.7 Å². The van der Waals surface area contributed by atoms with Gasteiger partial charge >= 0.3 is 5.97 Å². The van der Waals surface area contributed by atoms with Crippen LogP contribution in [0.3, 0.4) is 0 Å². The highest BCUT2D eigenvalue weighted by Gasteiger charge is 2.15. The second-order valence-corrected chi connectivity index (χ2v) is 5.18. The summed E-state index contributed by atoms with van der Waals surface area (Å²) >= 11 is 0. The van der Waals surface area contributed by atoms with E-state index in [9.17, 15) is 14.7 Å². The number of hydrogen-bond donors (Lipinski definition) is 1. The van der Waals surface area contributed by atoms with E-state index in [4.69, 9.17) is 7.85 Å². The van der Waals surface area contributed by atoms with Crippen molar-refractivity contribution in [2.75, 3.05) is 0 Å². The summed E-state index contributed by atoms with van der Waals surface area (Å²) in [7, 11) is 5.67. The molecular formula is C16H12BN3O3. The Labute approximate surface area is 132 Å². The average Bonchev–Trinajstić information content (AvgIpc) is 2.49. The molecule has 0 unspecified atom stereocenters. The quantitative estimate of drug-likeness (QED) is 0.718. The van der Waals surface area contributed by atoms with E-state index in [1.165, 1.54) is 6.20 Å². The van der Waals surface area contributed by atoms with Crippen LogP contribution in [0.15, 0.2) is 41.3 Å². The van der Waals surface area contributed by atoms with E-state index >= 15 is 0 Å². The maximum Gasteiger partial charge on any atom is 0.341 e. The van der Waals surface area contributed by atoms with Crippen molar-refractivity contribution in [3.63, 3.8) is 0 Å². The Bertz CT molecular complexity index is 982. The maximum atomic E-state index is 12.3. The van der Waals surface area contributed by atoms with Crippen molar-refractivity contribution >= 4 is 30.4 Å². The first kappa shape index (κ1) is 15.0. The predicted octanol–water partition coefficient (Wildman–Crippen LogP) is 0.640. The van der Waals surface area contributed by atoms with Crippen LogP contribution in [0.2, 0.25) is 0 Å². The minimum Gasteiger partial charge on any atom is -0.477 e. The van der Waals surface area contributed by atoms with Crippen molar-refractivity contribution in [2.45, 2.75) is 13.5 Å². The van der Waals surface area contributed by atoms with Crippen LogP contribution in [0.1, 0.15) is 21.7 Å². The number of fused-ring (bicyclic) bond motifs is 1. The summed E-state index contributed by atoms with van der Waals surface area (Å²) in [4.78, 5) is 32.2.